The van der Waals surface area contributed by atoms with Crippen molar-refractivity contribution in [2.45, 2.75) is 13.0 Å². The van der Waals surface area contributed by atoms with Crippen molar-refractivity contribution in [3.05, 3.63) is 29.6 Å². The third-order valence-corrected chi connectivity index (χ3v) is 2.28. The third-order valence-electron chi connectivity index (χ3n) is 2.28. The molecule has 3 N–H and O–H groups in total. The van der Waals surface area contributed by atoms with Gasteiger partial charge in [0.2, 0.25) is 0 Å². The van der Waals surface area contributed by atoms with E-state index in [4.69, 9.17) is 10.5 Å². The van der Waals surface area contributed by atoms with E-state index >= 15 is 0 Å². The molecule has 1 aromatic rings. The second-order valence-corrected chi connectivity index (χ2v) is 3.45. The van der Waals surface area contributed by atoms with E-state index in [1.165, 1.54) is 6.07 Å². The smallest absolute Gasteiger partial charge is 0.146 e. The van der Waals surface area contributed by atoms with Gasteiger partial charge in [-0.15, -0.1) is 0 Å². The van der Waals surface area contributed by atoms with Crippen molar-refractivity contribution in [2.24, 2.45) is 0 Å². The first-order chi connectivity index (χ1) is 7.15. The van der Waals surface area contributed by atoms with Gasteiger partial charge in [-0.3, -0.25) is 0 Å². The van der Waals surface area contributed by atoms with Crippen LogP contribution in [0, 0.1) is 5.82 Å². The van der Waals surface area contributed by atoms with Crippen LogP contribution in [0.5, 0.6) is 0 Å². The third kappa shape index (κ3) is 3.49. The van der Waals surface area contributed by atoms with Crippen LogP contribution < -0.4 is 11.1 Å². The van der Waals surface area contributed by atoms with Gasteiger partial charge in [-0.05, 0) is 24.6 Å². The van der Waals surface area contributed by atoms with E-state index < -0.39 is 0 Å². The Morgan fingerprint density at radius 1 is 1.53 bits per heavy atom. The summed E-state index contributed by atoms with van der Waals surface area (Å²) < 4.78 is 18.1. The summed E-state index contributed by atoms with van der Waals surface area (Å²) >= 11 is 0. The zero-order chi connectivity index (χ0) is 11.3. The van der Waals surface area contributed by atoms with Crippen molar-refractivity contribution in [2.75, 3.05) is 26.0 Å². The fraction of sp³-hybridized carbons (Fsp3) is 0.455. The normalized spacial score (nSPS) is 12.7. The van der Waals surface area contributed by atoms with Crippen LogP contribution in [0.2, 0.25) is 0 Å². The van der Waals surface area contributed by atoms with E-state index in [1.54, 1.807) is 13.2 Å². The van der Waals surface area contributed by atoms with Crippen LogP contribution in [0.3, 0.4) is 0 Å². The largest absolute Gasteiger partial charge is 0.396 e. The Kier molecular flexibility index (Phi) is 4.52. The fourth-order valence-corrected chi connectivity index (χ4v) is 1.31. The second kappa shape index (κ2) is 5.68. The van der Waals surface area contributed by atoms with E-state index in [0.29, 0.717) is 6.61 Å². The summed E-state index contributed by atoms with van der Waals surface area (Å²) in [6.45, 7) is 3.35. The summed E-state index contributed by atoms with van der Waals surface area (Å²) in [5, 5.41) is 3.21. The molecule has 0 amide bonds. The highest BCUT2D eigenvalue weighted by molar-refractivity contribution is 5.41. The second-order valence-electron chi connectivity index (χ2n) is 3.45. The Labute approximate surface area is 89.4 Å². The van der Waals surface area contributed by atoms with Crippen molar-refractivity contribution in [1.29, 1.82) is 0 Å². The van der Waals surface area contributed by atoms with E-state index in [-0.39, 0.29) is 17.5 Å². The lowest BCUT2D eigenvalue weighted by Crippen LogP contribution is -2.22. The van der Waals surface area contributed by atoms with Crippen LogP contribution in [0.15, 0.2) is 18.2 Å². The first-order valence-corrected chi connectivity index (χ1v) is 4.92. The van der Waals surface area contributed by atoms with E-state index in [0.717, 1.165) is 12.1 Å². The predicted molar refractivity (Wildman–Crippen MR) is 59.1 cm³/mol. The Morgan fingerprint density at radius 2 is 2.27 bits per heavy atom. The van der Waals surface area contributed by atoms with Gasteiger partial charge in [-0.2, -0.15) is 0 Å². The molecule has 0 saturated heterocycles. The minimum Gasteiger partial charge on any atom is -0.396 e. The molecule has 1 atom stereocenters. The van der Waals surface area contributed by atoms with Gasteiger partial charge in [-0.25, -0.2) is 4.39 Å². The summed E-state index contributed by atoms with van der Waals surface area (Å²) in [4.78, 5) is 0. The molecule has 15 heavy (non-hydrogen) atoms. The first-order valence-electron chi connectivity index (χ1n) is 4.92. The molecule has 4 heteroatoms. The molecule has 0 aliphatic heterocycles. The molecule has 84 valence electrons. The molecule has 0 aliphatic rings. The molecule has 0 bridgehead atoms. The van der Waals surface area contributed by atoms with Crippen LogP contribution in [0.4, 0.5) is 10.1 Å². The lowest BCUT2D eigenvalue weighted by molar-refractivity contribution is 0.196. The van der Waals surface area contributed by atoms with Crippen LogP contribution >= 0.6 is 0 Å². The number of benzene rings is 1. The molecule has 0 unspecified atom stereocenters. The number of hydrogen-bond acceptors (Lipinski definition) is 3. The molecule has 0 heterocycles. The summed E-state index contributed by atoms with van der Waals surface area (Å²) in [6, 6.07) is 4.96. The van der Waals surface area contributed by atoms with E-state index in [9.17, 15) is 4.39 Å². The maximum Gasteiger partial charge on any atom is 0.146 e. The number of nitrogen functional groups attached to an aromatic ring is 1. The average molecular weight is 212 g/mol. The van der Waals surface area contributed by atoms with Gasteiger partial charge >= 0.3 is 0 Å². The number of hydrogen-bond donors (Lipinski definition) is 2. The molecule has 0 fully saturated rings. The zero-order valence-corrected chi connectivity index (χ0v) is 9.09. The molecule has 1 rings (SSSR count). The van der Waals surface area contributed by atoms with Crippen molar-refractivity contribution in [3.8, 4) is 0 Å². The number of nitrogens with two attached hydrogens (primary N) is 1. The van der Waals surface area contributed by atoms with Gasteiger partial charge in [0.15, 0.2) is 0 Å². The SMILES string of the molecule is COCCN[C@H](C)c1ccc(N)c(F)c1. The molecule has 0 aromatic heterocycles. The molecule has 0 spiro atoms. The highest BCUT2D eigenvalue weighted by Gasteiger charge is 2.06. The number of methoxy groups -OCH3 is 1. The molecule has 0 saturated carbocycles. The standard InChI is InChI=1S/C11H17FN2O/c1-8(14-5-6-15-2)9-3-4-11(13)10(12)7-9/h3-4,7-8,14H,5-6,13H2,1-2H3/t8-/m1/s1. The van der Waals surface area contributed by atoms with Gasteiger partial charge in [0.25, 0.3) is 0 Å². The van der Waals surface area contributed by atoms with Gasteiger partial charge in [0.05, 0.1) is 12.3 Å². The fourth-order valence-electron chi connectivity index (χ4n) is 1.31. The highest BCUT2D eigenvalue weighted by atomic mass is 19.1. The predicted octanol–water partition coefficient (Wildman–Crippen LogP) is 1.70. The highest BCUT2D eigenvalue weighted by Crippen LogP contribution is 2.17. The summed E-state index contributed by atoms with van der Waals surface area (Å²) in [5.41, 5.74) is 6.47. The number of rotatable bonds is 5. The zero-order valence-electron chi connectivity index (χ0n) is 9.09. The number of nitrogens with one attached hydrogen (secondary N) is 1. The number of anilines is 1. The average Bonchev–Trinajstić information content (AvgIpc) is 2.22. The lowest BCUT2D eigenvalue weighted by atomic mass is 10.1. The van der Waals surface area contributed by atoms with Crippen LogP contribution in [0.25, 0.3) is 0 Å². The van der Waals surface area contributed by atoms with Crippen molar-refractivity contribution in [3.63, 3.8) is 0 Å². The monoisotopic (exact) mass is 212 g/mol. The van der Waals surface area contributed by atoms with Crippen molar-refractivity contribution < 1.29 is 9.13 Å². The summed E-state index contributed by atoms with van der Waals surface area (Å²) in [7, 11) is 1.65. The number of ether oxygens (including phenoxy) is 1. The maximum absolute atomic E-state index is 13.2. The number of halogens is 1. The molecule has 3 nitrogen and oxygen atoms in total. The van der Waals surface area contributed by atoms with Gasteiger partial charge < -0.3 is 15.8 Å². The Hall–Kier alpha value is -1.13. The molecular formula is C11H17FN2O. The van der Waals surface area contributed by atoms with Crippen molar-refractivity contribution >= 4 is 5.69 Å². The first kappa shape index (κ1) is 11.9. The quantitative estimate of drug-likeness (QED) is 0.577. The Balaban J connectivity index is 2.57. The van der Waals surface area contributed by atoms with Crippen LogP contribution in [-0.4, -0.2) is 20.3 Å². The summed E-state index contributed by atoms with van der Waals surface area (Å²) in [5.74, 6) is -0.368. The van der Waals surface area contributed by atoms with Crippen molar-refractivity contribution in [1.82, 2.24) is 5.32 Å². The molecular weight excluding hydrogens is 195 g/mol. The topological polar surface area (TPSA) is 47.3 Å². The molecule has 1 aromatic carbocycles. The van der Waals surface area contributed by atoms with Gasteiger partial charge in [0, 0.05) is 19.7 Å². The van der Waals surface area contributed by atoms with Gasteiger partial charge in [-0.1, -0.05) is 6.07 Å². The Bertz CT molecular complexity index is 317. The minimum atomic E-state index is -0.368. The van der Waals surface area contributed by atoms with Crippen LogP contribution in [-0.2, 0) is 4.74 Å². The van der Waals surface area contributed by atoms with E-state index in [1.807, 2.05) is 13.0 Å². The minimum absolute atomic E-state index is 0.0928. The maximum atomic E-state index is 13.2. The van der Waals surface area contributed by atoms with E-state index in [2.05, 4.69) is 5.32 Å². The Morgan fingerprint density at radius 3 is 2.87 bits per heavy atom. The lowest BCUT2D eigenvalue weighted by Gasteiger charge is -2.14. The molecule has 0 radical (unpaired) electrons. The van der Waals surface area contributed by atoms with Crippen LogP contribution in [0.1, 0.15) is 18.5 Å². The van der Waals surface area contributed by atoms with Gasteiger partial charge in [0.1, 0.15) is 5.82 Å². The molecule has 0 aliphatic carbocycles. The summed E-state index contributed by atoms with van der Waals surface area (Å²) in [6.07, 6.45) is 0.